The van der Waals surface area contributed by atoms with Crippen molar-refractivity contribution in [2.24, 2.45) is 0 Å². The van der Waals surface area contributed by atoms with Crippen LogP contribution in [0.5, 0.6) is 0 Å². The van der Waals surface area contributed by atoms with E-state index in [1.807, 2.05) is 29.3 Å². The number of fused-ring (bicyclic) bond motifs is 1. The first-order chi connectivity index (χ1) is 14.7. The molecule has 30 heavy (non-hydrogen) atoms. The van der Waals surface area contributed by atoms with Gasteiger partial charge in [0.05, 0.1) is 21.8 Å². The molecule has 4 aromatic rings. The summed E-state index contributed by atoms with van der Waals surface area (Å²) in [6.07, 6.45) is 6.00. The lowest BCUT2D eigenvalue weighted by Crippen LogP contribution is -2.32. The number of benzene rings is 2. The number of amides is 1. The minimum atomic E-state index is 0.140. The van der Waals surface area contributed by atoms with Gasteiger partial charge in [0.2, 0.25) is 6.41 Å². The molecule has 1 saturated heterocycles. The lowest BCUT2D eigenvalue weighted by atomic mass is 9.93. The number of carbonyl (C=O) groups is 1. The van der Waals surface area contributed by atoms with Gasteiger partial charge in [0.1, 0.15) is 10.8 Å². The Labute approximate surface area is 179 Å². The van der Waals surface area contributed by atoms with Gasteiger partial charge in [-0.05, 0) is 54.7 Å². The molecular weight excluding hydrogens is 392 g/mol. The van der Waals surface area contributed by atoms with Crippen LogP contribution in [-0.2, 0) is 4.79 Å². The van der Waals surface area contributed by atoms with Crippen LogP contribution >= 0.6 is 11.3 Å². The highest BCUT2D eigenvalue weighted by atomic mass is 32.1. The Balaban J connectivity index is 1.53. The first kappa shape index (κ1) is 18.8. The number of aromatic nitrogens is 2. The van der Waals surface area contributed by atoms with Gasteiger partial charge in [0.15, 0.2) is 0 Å². The van der Waals surface area contributed by atoms with Crippen LogP contribution in [-0.4, -0.2) is 27.8 Å². The maximum Gasteiger partial charge on any atom is 0.210 e. The average molecular weight is 415 g/mol. The molecule has 0 aliphatic carbocycles. The number of nitrogens with two attached hydrogens (primary N) is 1. The van der Waals surface area contributed by atoms with E-state index in [2.05, 4.69) is 41.4 Å². The molecule has 0 radical (unpaired) electrons. The van der Waals surface area contributed by atoms with Crippen LogP contribution in [0, 0.1) is 0 Å². The summed E-state index contributed by atoms with van der Waals surface area (Å²) in [6, 6.07) is 18.7. The van der Waals surface area contributed by atoms with Crippen LogP contribution in [0.2, 0.25) is 0 Å². The lowest BCUT2D eigenvalue weighted by molar-refractivity contribution is -0.121. The summed E-state index contributed by atoms with van der Waals surface area (Å²) < 4.78 is 1.13. The third-order valence-corrected chi connectivity index (χ3v) is 6.80. The van der Waals surface area contributed by atoms with Crippen molar-refractivity contribution in [1.82, 2.24) is 14.9 Å². The molecule has 0 bridgehead atoms. The van der Waals surface area contributed by atoms with Crippen LogP contribution in [0.4, 0.5) is 5.82 Å². The summed E-state index contributed by atoms with van der Waals surface area (Å²) in [5.74, 6) is 0.480. The van der Waals surface area contributed by atoms with Gasteiger partial charge < -0.3 is 10.6 Å². The first-order valence-corrected chi connectivity index (χ1v) is 11.0. The molecule has 1 aliphatic rings. The molecule has 6 heteroatoms. The fraction of sp³-hybridized carbons (Fsp3) is 0.208. The molecule has 2 aromatic heterocycles. The minimum Gasteiger partial charge on any atom is -0.383 e. The highest BCUT2D eigenvalue weighted by molar-refractivity contribution is 7.21. The molecule has 1 aliphatic heterocycles. The van der Waals surface area contributed by atoms with Crippen molar-refractivity contribution in [3.05, 3.63) is 66.4 Å². The summed E-state index contributed by atoms with van der Waals surface area (Å²) in [4.78, 5) is 22.6. The number of likely N-dealkylation sites (tertiary alicyclic amines) is 1. The van der Waals surface area contributed by atoms with Crippen molar-refractivity contribution in [1.29, 1.82) is 0 Å². The second kappa shape index (κ2) is 7.88. The molecule has 5 rings (SSSR count). The summed E-state index contributed by atoms with van der Waals surface area (Å²) in [6.45, 7) is 0.823. The maximum absolute atomic E-state index is 11.5. The maximum atomic E-state index is 11.5. The number of para-hydroxylation sites is 1. The van der Waals surface area contributed by atoms with Crippen molar-refractivity contribution < 1.29 is 4.79 Å². The molecule has 0 spiro atoms. The van der Waals surface area contributed by atoms with Crippen LogP contribution in [0.3, 0.4) is 0 Å². The standard InChI is InChI=1S/C24H22N4OS/c25-23-19(24-27-20-8-1-2-10-22(20)30-24)13-18(14-26-23)16-6-5-7-17(12-16)21-9-3-4-11-28(21)15-29/h1-2,5-8,10,12-15,21H,3-4,9,11H2,(H2,25,26). The van der Waals surface area contributed by atoms with E-state index in [9.17, 15) is 4.79 Å². The third kappa shape index (κ3) is 3.44. The molecule has 3 heterocycles. The molecular formula is C24H22N4OS. The van der Waals surface area contributed by atoms with Crippen molar-refractivity contribution in [3.63, 3.8) is 0 Å². The number of nitrogen functional groups attached to an aromatic ring is 1. The second-order valence-electron chi connectivity index (χ2n) is 7.62. The van der Waals surface area contributed by atoms with Crippen molar-refractivity contribution in [3.8, 4) is 21.7 Å². The van der Waals surface area contributed by atoms with Gasteiger partial charge >= 0.3 is 0 Å². The molecule has 2 N–H and O–H groups in total. The van der Waals surface area contributed by atoms with Gasteiger partial charge in [-0.1, -0.05) is 30.3 Å². The predicted octanol–water partition coefficient (Wildman–Crippen LogP) is 5.29. The Bertz CT molecular complexity index is 1190. The fourth-order valence-corrected chi connectivity index (χ4v) is 5.15. The Morgan fingerprint density at radius 3 is 2.83 bits per heavy atom. The first-order valence-electron chi connectivity index (χ1n) is 10.2. The smallest absolute Gasteiger partial charge is 0.210 e. The fourth-order valence-electron chi connectivity index (χ4n) is 4.16. The number of hydrogen-bond acceptors (Lipinski definition) is 5. The van der Waals surface area contributed by atoms with Crippen LogP contribution in [0.15, 0.2) is 60.8 Å². The van der Waals surface area contributed by atoms with E-state index < -0.39 is 0 Å². The van der Waals surface area contributed by atoms with Gasteiger partial charge in [0, 0.05) is 18.3 Å². The normalized spacial score (nSPS) is 16.7. The second-order valence-corrected chi connectivity index (χ2v) is 8.65. The van der Waals surface area contributed by atoms with E-state index in [-0.39, 0.29) is 6.04 Å². The summed E-state index contributed by atoms with van der Waals surface area (Å²) >= 11 is 1.62. The monoisotopic (exact) mass is 414 g/mol. The number of nitrogens with zero attached hydrogens (tertiary/aromatic N) is 3. The molecule has 5 nitrogen and oxygen atoms in total. The average Bonchev–Trinajstić information content (AvgIpc) is 3.23. The van der Waals surface area contributed by atoms with E-state index in [1.165, 1.54) is 0 Å². The Morgan fingerprint density at radius 1 is 1.07 bits per heavy atom. The van der Waals surface area contributed by atoms with Gasteiger partial charge in [-0.3, -0.25) is 4.79 Å². The van der Waals surface area contributed by atoms with E-state index >= 15 is 0 Å². The van der Waals surface area contributed by atoms with Crippen LogP contribution in [0.25, 0.3) is 31.9 Å². The number of thiazole rings is 1. The van der Waals surface area contributed by atoms with Crippen LogP contribution < -0.4 is 5.73 Å². The lowest BCUT2D eigenvalue weighted by Gasteiger charge is -2.33. The molecule has 1 atom stereocenters. The van der Waals surface area contributed by atoms with E-state index in [4.69, 9.17) is 10.7 Å². The predicted molar refractivity (Wildman–Crippen MR) is 122 cm³/mol. The Morgan fingerprint density at radius 2 is 1.97 bits per heavy atom. The van der Waals surface area contributed by atoms with Crippen molar-refractivity contribution >= 4 is 33.8 Å². The van der Waals surface area contributed by atoms with Gasteiger partial charge in [0.25, 0.3) is 0 Å². The highest BCUT2D eigenvalue weighted by Gasteiger charge is 2.23. The third-order valence-electron chi connectivity index (χ3n) is 5.73. The Hall–Kier alpha value is -3.25. The molecule has 1 fully saturated rings. The zero-order valence-corrected chi connectivity index (χ0v) is 17.3. The number of hydrogen-bond donors (Lipinski definition) is 1. The van der Waals surface area contributed by atoms with Crippen molar-refractivity contribution in [2.75, 3.05) is 12.3 Å². The SMILES string of the molecule is Nc1ncc(-c2cccc(C3CCCCN3C=O)c2)cc1-c1nc2ccccc2s1. The molecule has 0 saturated carbocycles. The van der Waals surface area contributed by atoms with Crippen LogP contribution in [0.1, 0.15) is 30.9 Å². The van der Waals surface area contributed by atoms with Gasteiger partial charge in [-0.15, -0.1) is 11.3 Å². The largest absolute Gasteiger partial charge is 0.383 e. The topological polar surface area (TPSA) is 72.1 Å². The summed E-state index contributed by atoms with van der Waals surface area (Å²) in [7, 11) is 0. The van der Waals surface area contributed by atoms with Gasteiger partial charge in [-0.25, -0.2) is 9.97 Å². The summed E-state index contributed by atoms with van der Waals surface area (Å²) in [5.41, 5.74) is 11.3. The minimum absolute atomic E-state index is 0.140. The number of piperidine rings is 1. The number of pyridine rings is 1. The molecule has 150 valence electrons. The van der Waals surface area contributed by atoms with E-state index in [0.717, 1.165) is 69.7 Å². The number of carbonyl (C=O) groups excluding carboxylic acids is 1. The highest BCUT2D eigenvalue weighted by Crippen LogP contribution is 2.36. The number of anilines is 1. The zero-order valence-electron chi connectivity index (χ0n) is 16.5. The quantitative estimate of drug-likeness (QED) is 0.461. The van der Waals surface area contributed by atoms with E-state index in [1.54, 1.807) is 11.3 Å². The zero-order chi connectivity index (χ0) is 20.5. The molecule has 1 unspecified atom stereocenters. The van der Waals surface area contributed by atoms with Crippen molar-refractivity contribution in [2.45, 2.75) is 25.3 Å². The van der Waals surface area contributed by atoms with Gasteiger partial charge in [-0.2, -0.15) is 0 Å². The molecule has 1 amide bonds. The van der Waals surface area contributed by atoms with E-state index in [0.29, 0.717) is 5.82 Å². The summed E-state index contributed by atoms with van der Waals surface area (Å²) in [5, 5.41) is 0.874. The Kier molecular flexibility index (Phi) is 4.93. The number of rotatable bonds is 4. The molecule has 2 aromatic carbocycles.